The van der Waals surface area contributed by atoms with Crippen LogP contribution in [-0.2, 0) is 11.3 Å². The van der Waals surface area contributed by atoms with Crippen molar-refractivity contribution < 1.29 is 9.59 Å². The number of hydrogen-bond acceptors (Lipinski definition) is 3. The fraction of sp³-hybridized carbons (Fsp3) is 0.250. The van der Waals surface area contributed by atoms with Crippen LogP contribution in [-0.4, -0.2) is 18.4 Å². The van der Waals surface area contributed by atoms with E-state index in [0.29, 0.717) is 35.8 Å². The normalized spacial score (nSPS) is 14.4. The van der Waals surface area contributed by atoms with E-state index in [2.05, 4.69) is 5.32 Å². The molecule has 0 atom stereocenters. The molecule has 1 fully saturated rings. The number of carbonyl (C=O) groups is 2. The summed E-state index contributed by atoms with van der Waals surface area (Å²) in [5.74, 6) is -0.158. The number of thiophene rings is 1. The molecule has 3 rings (SSSR count). The molecule has 1 aliphatic heterocycles. The van der Waals surface area contributed by atoms with Crippen LogP contribution in [0.5, 0.6) is 0 Å². The van der Waals surface area contributed by atoms with Crippen LogP contribution in [0.25, 0.3) is 0 Å². The first kappa shape index (κ1) is 15.1. The molecule has 0 radical (unpaired) electrons. The third-order valence-electron chi connectivity index (χ3n) is 3.57. The predicted molar refractivity (Wildman–Crippen MR) is 88.5 cm³/mol. The Hall–Kier alpha value is -1.85. The highest BCUT2D eigenvalue weighted by atomic mass is 35.5. The molecule has 114 valence electrons. The fourth-order valence-electron chi connectivity index (χ4n) is 2.50. The maximum absolute atomic E-state index is 12.4. The van der Waals surface area contributed by atoms with Gasteiger partial charge in [-0.3, -0.25) is 9.59 Å². The smallest absolute Gasteiger partial charge is 0.253 e. The van der Waals surface area contributed by atoms with Crippen LogP contribution in [0.2, 0.25) is 5.02 Å². The summed E-state index contributed by atoms with van der Waals surface area (Å²) in [6, 6.07) is 8.95. The zero-order chi connectivity index (χ0) is 15.5. The van der Waals surface area contributed by atoms with Gasteiger partial charge in [0.25, 0.3) is 5.91 Å². The van der Waals surface area contributed by atoms with Crippen LogP contribution in [0, 0.1) is 0 Å². The number of halogens is 1. The number of carbonyl (C=O) groups excluding carboxylic acids is 2. The summed E-state index contributed by atoms with van der Waals surface area (Å²) >= 11 is 7.63. The summed E-state index contributed by atoms with van der Waals surface area (Å²) in [4.78, 5) is 27.1. The SMILES string of the molecule is O=C(NCc1cccs1)c1ccc(Cl)cc1N1CCCC1=O. The van der Waals surface area contributed by atoms with Gasteiger partial charge in [-0.1, -0.05) is 17.7 Å². The van der Waals surface area contributed by atoms with Gasteiger partial charge in [-0.15, -0.1) is 11.3 Å². The first-order chi connectivity index (χ1) is 10.6. The van der Waals surface area contributed by atoms with Crippen molar-refractivity contribution in [2.45, 2.75) is 19.4 Å². The van der Waals surface area contributed by atoms with Gasteiger partial charge in [0.15, 0.2) is 0 Å². The lowest BCUT2D eigenvalue weighted by atomic mass is 10.1. The second-order valence-electron chi connectivity index (χ2n) is 5.07. The van der Waals surface area contributed by atoms with Gasteiger partial charge < -0.3 is 10.2 Å². The number of anilines is 1. The Morgan fingerprint density at radius 2 is 2.23 bits per heavy atom. The number of rotatable bonds is 4. The van der Waals surface area contributed by atoms with Gasteiger partial charge in [-0.2, -0.15) is 0 Å². The summed E-state index contributed by atoms with van der Waals surface area (Å²) in [7, 11) is 0. The molecule has 4 nitrogen and oxygen atoms in total. The Balaban J connectivity index is 1.83. The average Bonchev–Trinajstić information content (AvgIpc) is 3.16. The van der Waals surface area contributed by atoms with Crippen LogP contribution in [0.4, 0.5) is 5.69 Å². The molecular weight excluding hydrogens is 320 g/mol. The van der Waals surface area contributed by atoms with Gasteiger partial charge in [0, 0.05) is 22.9 Å². The summed E-state index contributed by atoms with van der Waals surface area (Å²) in [5.41, 5.74) is 1.08. The highest BCUT2D eigenvalue weighted by Crippen LogP contribution is 2.28. The van der Waals surface area contributed by atoms with Gasteiger partial charge in [0.2, 0.25) is 5.91 Å². The molecule has 6 heteroatoms. The van der Waals surface area contributed by atoms with Crippen LogP contribution in [0.1, 0.15) is 28.1 Å². The second kappa shape index (κ2) is 6.50. The maximum atomic E-state index is 12.4. The fourth-order valence-corrected chi connectivity index (χ4v) is 3.31. The quantitative estimate of drug-likeness (QED) is 0.930. The molecule has 22 heavy (non-hydrogen) atoms. The summed E-state index contributed by atoms with van der Waals surface area (Å²) in [6.45, 7) is 1.11. The molecule has 2 heterocycles. The van der Waals surface area contributed by atoms with Crippen molar-refractivity contribution in [3.8, 4) is 0 Å². The first-order valence-corrected chi connectivity index (χ1v) is 8.31. The van der Waals surface area contributed by atoms with Gasteiger partial charge in [0.1, 0.15) is 0 Å². The van der Waals surface area contributed by atoms with Gasteiger partial charge >= 0.3 is 0 Å². The lowest BCUT2D eigenvalue weighted by Gasteiger charge is -2.19. The van der Waals surface area contributed by atoms with E-state index in [1.54, 1.807) is 34.4 Å². The second-order valence-corrected chi connectivity index (χ2v) is 6.54. The zero-order valence-electron chi connectivity index (χ0n) is 11.8. The average molecular weight is 335 g/mol. The van der Waals surface area contributed by atoms with E-state index in [1.165, 1.54) is 0 Å². The molecule has 0 spiro atoms. The number of hydrogen-bond donors (Lipinski definition) is 1. The molecule has 2 amide bonds. The van der Waals surface area contributed by atoms with Crippen LogP contribution in [0.3, 0.4) is 0 Å². The van der Waals surface area contributed by atoms with Crippen molar-refractivity contribution in [2.24, 2.45) is 0 Å². The van der Waals surface area contributed by atoms with Gasteiger partial charge in [-0.25, -0.2) is 0 Å². The highest BCUT2D eigenvalue weighted by Gasteiger charge is 2.26. The van der Waals surface area contributed by atoms with Crippen molar-refractivity contribution in [2.75, 3.05) is 11.4 Å². The van der Waals surface area contributed by atoms with Crippen LogP contribution >= 0.6 is 22.9 Å². The van der Waals surface area contributed by atoms with E-state index in [-0.39, 0.29) is 11.8 Å². The Kier molecular flexibility index (Phi) is 4.45. The topological polar surface area (TPSA) is 49.4 Å². The van der Waals surface area contributed by atoms with E-state index in [0.717, 1.165) is 11.3 Å². The number of amides is 2. The number of nitrogens with one attached hydrogen (secondary N) is 1. The van der Waals surface area contributed by atoms with E-state index in [1.807, 2.05) is 17.5 Å². The van der Waals surface area contributed by atoms with Crippen molar-refractivity contribution in [1.82, 2.24) is 5.32 Å². The largest absolute Gasteiger partial charge is 0.347 e. The third-order valence-corrected chi connectivity index (χ3v) is 4.68. The summed E-state index contributed by atoms with van der Waals surface area (Å²) < 4.78 is 0. The molecular formula is C16H15ClN2O2S. The van der Waals surface area contributed by atoms with Crippen molar-refractivity contribution in [3.05, 3.63) is 51.2 Å². The molecule has 0 saturated carbocycles. The van der Waals surface area contributed by atoms with E-state index < -0.39 is 0 Å². The summed E-state index contributed by atoms with van der Waals surface area (Å²) in [6.07, 6.45) is 1.32. The molecule has 0 bridgehead atoms. The molecule has 0 unspecified atom stereocenters. The Labute approximate surface area is 137 Å². The lowest BCUT2D eigenvalue weighted by molar-refractivity contribution is -0.117. The molecule has 1 N–H and O–H groups in total. The van der Waals surface area contributed by atoms with Crippen LogP contribution in [0.15, 0.2) is 35.7 Å². The van der Waals surface area contributed by atoms with Gasteiger partial charge in [0.05, 0.1) is 17.8 Å². The van der Waals surface area contributed by atoms with E-state index in [9.17, 15) is 9.59 Å². The predicted octanol–water partition coefficient (Wildman–Crippen LogP) is 3.46. The maximum Gasteiger partial charge on any atom is 0.253 e. The number of benzene rings is 1. The number of nitrogens with zero attached hydrogens (tertiary/aromatic N) is 1. The Morgan fingerprint density at radius 1 is 1.36 bits per heavy atom. The van der Waals surface area contributed by atoms with E-state index in [4.69, 9.17) is 11.6 Å². The molecule has 1 saturated heterocycles. The molecule has 0 aliphatic carbocycles. The minimum Gasteiger partial charge on any atom is -0.347 e. The van der Waals surface area contributed by atoms with Crippen molar-refractivity contribution >= 4 is 40.4 Å². The van der Waals surface area contributed by atoms with Crippen molar-refractivity contribution in [1.29, 1.82) is 0 Å². The molecule has 1 aromatic heterocycles. The van der Waals surface area contributed by atoms with Crippen molar-refractivity contribution in [3.63, 3.8) is 0 Å². The Morgan fingerprint density at radius 3 is 2.91 bits per heavy atom. The zero-order valence-corrected chi connectivity index (χ0v) is 13.4. The summed E-state index contributed by atoms with van der Waals surface area (Å²) in [5, 5.41) is 5.38. The highest BCUT2D eigenvalue weighted by molar-refractivity contribution is 7.09. The van der Waals surface area contributed by atoms with Crippen LogP contribution < -0.4 is 10.2 Å². The molecule has 1 aliphatic rings. The molecule has 1 aromatic carbocycles. The minimum absolute atomic E-state index is 0.0366. The standard InChI is InChI=1S/C16H15ClN2O2S/c17-11-5-6-13(14(9-11)19-7-1-4-15(19)20)16(21)18-10-12-3-2-8-22-12/h2-3,5-6,8-9H,1,4,7,10H2,(H,18,21). The van der Waals surface area contributed by atoms with Gasteiger partial charge in [-0.05, 0) is 36.1 Å². The minimum atomic E-state index is -0.195. The first-order valence-electron chi connectivity index (χ1n) is 7.05. The third kappa shape index (κ3) is 3.15. The lowest BCUT2D eigenvalue weighted by Crippen LogP contribution is -2.29. The Bertz CT molecular complexity index is 700. The monoisotopic (exact) mass is 334 g/mol. The van der Waals surface area contributed by atoms with E-state index >= 15 is 0 Å². The molecule has 2 aromatic rings.